The van der Waals surface area contributed by atoms with Gasteiger partial charge in [-0.1, -0.05) is 18.6 Å². The summed E-state index contributed by atoms with van der Waals surface area (Å²) in [5.74, 6) is 0. The van der Waals surface area contributed by atoms with E-state index in [1.807, 2.05) is 11.9 Å². The van der Waals surface area contributed by atoms with Crippen LogP contribution in [0.1, 0.15) is 57.8 Å². The molecule has 1 heterocycles. The first-order valence-corrected chi connectivity index (χ1v) is 8.23. The van der Waals surface area contributed by atoms with Crippen molar-refractivity contribution >= 4 is 28.4 Å². The summed E-state index contributed by atoms with van der Waals surface area (Å²) in [5.41, 5.74) is 3.25. The van der Waals surface area contributed by atoms with Crippen LogP contribution in [-0.4, -0.2) is 21.2 Å². The van der Waals surface area contributed by atoms with E-state index in [-0.39, 0.29) is 0 Å². The summed E-state index contributed by atoms with van der Waals surface area (Å²) in [6.45, 7) is 0. The van der Waals surface area contributed by atoms with Crippen LogP contribution in [0.4, 0.5) is 0 Å². The molecule has 0 aromatic rings. The lowest BCUT2D eigenvalue weighted by Gasteiger charge is -2.39. The maximum absolute atomic E-state index is 5.62. The Balaban J connectivity index is 1.91. The maximum Gasteiger partial charge on any atom is 0.138 e. The zero-order valence-corrected chi connectivity index (χ0v) is 12.3. The normalized spacial score (nSPS) is 35.2. The largest absolute Gasteiger partial charge is 0.228 e. The van der Waals surface area contributed by atoms with Crippen molar-refractivity contribution in [2.45, 2.75) is 63.8 Å². The first kappa shape index (κ1) is 12.2. The van der Waals surface area contributed by atoms with E-state index in [2.05, 4.69) is 7.05 Å². The Morgan fingerprint density at radius 1 is 1.06 bits per heavy atom. The van der Waals surface area contributed by atoms with Crippen LogP contribution in [0.2, 0.25) is 0 Å². The smallest absolute Gasteiger partial charge is 0.138 e. The second-order valence-corrected chi connectivity index (χ2v) is 7.81. The molecule has 3 rings (SSSR count). The molecule has 2 aliphatic carbocycles. The van der Waals surface area contributed by atoms with Crippen molar-refractivity contribution in [3.05, 3.63) is 11.3 Å². The van der Waals surface area contributed by atoms with E-state index in [9.17, 15) is 0 Å². The zero-order chi connectivity index (χ0) is 11.9. The van der Waals surface area contributed by atoms with E-state index in [1.165, 1.54) is 62.0 Å². The molecule has 1 atom stereocenters. The van der Waals surface area contributed by atoms with Crippen molar-refractivity contribution in [3.63, 3.8) is 0 Å². The van der Waals surface area contributed by atoms with Gasteiger partial charge in [0.15, 0.2) is 0 Å². The highest BCUT2D eigenvalue weighted by Gasteiger charge is 2.48. The maximum atomic E-state index is 5.62. The van der Waals surface area contributed by atoms with Gasteiger partial charge in [-0.3, -0.25) is 0 Å². The van der Waals surface area contributed by atoms with Crippen LogP contribution in [0.25, 0.3) is 0 Å². The quantitative estimate of drug-likeness (QED) is 0.388. The predicted molar refractivity (Wildman–Crippen MR) is 78.7 cm³/mol. The summed E-state index contributed by atoms with van der Waals surface area (Å²) in [7, 11) is 2.43. The molecule has 0 amide bonds. The fourth-order valence-electron chi connectivity index (χ4n) is 3.75. The van der Waals surface area contributed by atoms with Crippen LogP contribution in [0, 0.1) is 0 Å². The molecule has 3 aliphatic rings. The number of allylic oxidation sites excluding steroid dienone is 1. The van der Waals surface area contributed by atoms with Crippen LogP contribution in [-0.2, 0) is 0 Å². The van der Waals surface area contributed by atoms with Crippen molar-refractivity contribution < 1.29 is 3.89 Å². The summed E-state index contributed by atoms with van der Waals surface area (Å²) < 4.78 is 2.33. The van der Waals surface area contributed by atoms with E-state index in [0.717, 1.165) is 9.93 Å². The Hall–Kier alpha value is 0.140. The predicted octanol–water partition coefficient (Wildman–Crippen LogP) is 4.58. The van der Waals surface area contributed by atoms with Gasteiger partial charge in [0.2, 0.25) is 0 Å². The van der Waals surface area contributed by atoms with Gasteiger partial charge in [0, 0.05) is 24.8 Å². The SMILES string of the molecule is C[N+]1(C2CCCCC2)SC(=S)C2=C1CCCC2. The monoisotopic (exact) mass is 268 g/mol. The highest BCUT2D eigenvalue weighted by atomic mass is 32.2. The van der Waals surface area contributed by atoms with E-state index in [4.69, 9.17) is 12.2 Å². The molecular weight excluding hydrogens is 246 g/mol. The average Bonchev–Trinajstić information content (AvgIpc) is 2.65. The highest BCUT2D eigenvalue weighted by molar-refractivity contribution is 8.20. The molecule has 0 radical (unpaired) electrons. The number of hydrogen-bond donors (Lipinski definition) is 0. The Labute approximate surface area is 114 Å². The molecule has 0 bridgehead atoms. The topological polar surface area (TPSA) is 0 Å². The Morgan fingerprint density at radius 2 is 1.76 bits per heavy atom. The molecule has 1 nitrogen and oxygen atoms in total. The number of hydrogen-bond acceptors (Lipinski definition) is 2. The van der Waals surface area contributed by atoms with Crippen molar-refractivity contribution in [3.8, 4) is 0 Å². The van der Waals surface area contributed by atoms with Crippen molar-refractivity contribution in [1.82, 2.24) is 0 Å². The molecule has 0 saturated heterocycles. The highest BCUT2D eigenvalue weighted by Crippen LogP contribution is 2.50. The minimum Gasteiger partial charge on any atom is -0.228 e. The van der Waals surface area contributed by atoms with Gasteiger partial charge in [0.25, 0.3) is 0 Å². The van der Waals surface area contributed by atoms with Crippen LogP contribution in [0.5, 0.6) is 0 Å². The van der Waals surface area contributed by atoms with Crippen LogP contribution in [0.15, 0.2) is 11.3 Å². The Bertz CT molecular complexity index is 368. The van der Waals surface area contributed by atoms with E-state index in [0.29, 0.717) is 0 Å². The van der Waals surface area contributed by atoms with Gasteiger partial charge in [-0.2, -0.15) is 0 Å². The third kappa shape index (κ3) is 2.00. The average molecular weight is 268 g/mol. The first-order chi connectivity index (χ1) is 8.22. The molecule has 3 heteroatoms. The second kappa shape index (κ2) is 4.67. The third-order valence-electron chi connectivity index (χ3n) is 4.77. The number of nitrogens with zero attached hydrogens (tertiary/aromatic N) is 1. The van der Waals surface area contributed by atoms with Gasteiger partial charge in [-0.15, -0.1) is 0 Å². The lowest BCUT2D eigenvalue weighted by molar-refractivity contribution is -0.763. The van der Waals surface area contributed by atoms with Gasteiger partial charge in [0.1, 0.15) is 27.9 Å². The molecule has 1 saturated carbocycles. The number of quaternary nitrogens is 1. The van der Waals surface area contributed by atoms with E-state index in [1.54, 1.807) is 11.3 Å². The zero-order valence-electron chi connectivity index (χ0n) is 10.7. The van der Waals surface area contributed by atoms with Crippen LogP contribution in [0.3, 0.4) is 0 Å². The minimum absolute atomic E-state index is 0.831. The van der Waals surface area contributed by atoms with Crippen molar-refractivity contribution in [2.24, 2.45) is 0 Å². The summed E-state index contributed by atoms with van der Waals surface area (Å²) >= 11 is 7.60. The van der Waals surface area contributed by atoms with Crippen LogP contribution >= 0.6 is 24.2 Å². The molecule has 1 fully saturated rings. The van der Waals surface area contributed by atoms with Gasteiger partial charge in [-0.05, 0) is 32.1 Å². The summed E-state index contributed by atoms with van der Waals surface area (Å²) in [4.78, 5) is 0. The molecule has 1 aliphatic heterocycles. The second-order valence-electron chi connectivity index (χ2n) is 5.79. The fraction of sp³-hybridized carbons (Fsp3) is 0.786. The van der Waals surface area contributed by atoms with Gasteiger partial charge >= 0.3 is 0 Å². The molecule has 0 aromatic heterocycles. The van der Waals surface area contributed by atoms with E-state index < -0.39 is 0 Å². The lowest BCUT2D eigenvalue weighted by atomic mass is 9.91. The van der Waals surface area contributed by atoms with E-state index >= 15 is 0 Å². The van der Waals surface area contributed by atoms with Crippen molar-refractivity contribution in [2.75, 3.05) is 7.05 Å². The summed E-state index contributed by atoms with van der Waals surface area (Å²) in [5, 5.41) is 0. The molecule has 94 valence electrons. The summed E-state index contributed by atoms with van der Waals surface area (Å²) in [6, 6.07) is 0.831. The molecule has 0 N–H and O–H groups in total. The number of rotatable bonds is 1. The van der Waals surface area contributed by atoms with Crippen molar-refractivity contribution in [1.29, 1.82) is 0 Å². The molecular formula is C14H22NS2+. The number of thiocarbonyl (C=S) groups is 1. The third-order valence-corrected chi connectivity index (χ3v) is 6.55. The fourth-order valence-corrected chi connectivity index (χ4v) is 5.78. The minimum atomic E-state index is 0.831. The molecule has 17 heavy (non-hydrogen) atoms. The molecule has 1 unspecified atom stereocenters. The van der Waals surface area contributed by atoms with Gasteiger partial charge in [0.05, 0.1) is 7.05 Å². The van der Waals surface area contributed by atoms with Gasteiger partial charge in [-0.25, -0.2) is 3.89 Å². The Morgan fingerprint density at radius 3 is 2.53 bits per heavy atom. The molecule has 0 aromatic carbocycles. The lowest BCUT2D eigenvalue weighted by Crippen LogP contribution is -2.45. The Kier molecular flexibility index (Phi) is 3.35. The standard InChI is InChI=1S/C14H22NS2/c1-15(11-7-3-2-4-8-11)13-10-6-5-9-12(13)14(16)17-15/h11H,2-10H2,1H3/q+1. The summed E-state index contributed by atoms with van der Waals surface area (Å²) in [6.07, 6.45) is 12.4. The molecule has 0 spiro atoms. The first-order valence-electron chi connectivity index (χ1n) is 7.04. The van der Waals surface area contributed by atoms with Gasteiger partial charge < -0.3 is 0 Å². The van der Waals surface area contributed by atoms with Crippen LogP contribution < -0.4 is 0 Å².